The molecular formula is C12H21NO4. The fraction of sp³-hybridized carbons (Fsp3) is 0.917. The third-order valence-corrected chi connectivity index (χ3v) is 3.71. The Kier molecular flexibility index (Phi) is 4.01. The molecule has 1 saturated heterocycles. The van der Waals surface area contributed by atoms with E-state index in [0.29, 0.717) is 38.8 Å². The molecular weight excluding hydrogens is 222 g/mol. The van der Waals surface area contributed by atoms with Crippen LogP contribution in [0.5, 0.6) is 0 Å². The molecule has 0 spiro atoms. The second kappa shape index (κ2) is 5.33. The first-order valence-corrected chi connectivity index (χ1v) is 6.22. The molecule has 1 aliphatic carbocycles. The number of methoxy groups -OCH3 is 1. The van der Waals surface area contributed by atoms with E-state index in [9.17, 15) is 9.90 Å². The number of carboxylic acid groups (broad SMARTS) is 1. The van der Waals surface area contributed by atoms with E-state index in [-0.39, 0.29) is 0 Å². The van der Waals surface area contributed by atoms with E-state index in [1.54, 1.807) is 7.11 Å². The zero-order valence-corrected chi connectivity index (χ0v) is 10.4. The topological polar surface area (TPSA) is 59.0 Å². The van der Waals surface area contributed by atoms with Crippen LogP contribution in [0.2, 0.25) is 0 Å². The highest BCUT2D eigenvalue weighted by atomic mass is 16.5. The van der Waals surface area contributed by atoms with Gasteiger partial charge in [0.2, 0.25) is 0 Å². The molecule has 1 atom stereocenters. The highest BCUT2D eigenvalue weighted by Crippen LogP contribution is 2.34. The van der Waals surface area contributed by atoms with E-state index in [2.05, 4.69) is 4.90 Å². The average molecular weight is 243 g/mol. The SMILES string of the molecule is COCCN(CC1(C(=O)O)CCOC1)C1CC1. The predicted octanol–water partition coefficient (Wildman–Crippen LogP) is 0.589. The molecule has 0 aromatic rings. The predicted molar refractivity (Wildman–Crippen MR) is 62.0 cm³/mol. The summed E-state index contributed by atoms with van der Waals surface area (Å²) < 4.78 is 10.4. The Morgan fingerprint density at radius 2 is 2.35 bits per heavy atom. The van der Waals surface area contributed by atoms with Gasteiger partial charge < -0.3 is 14.6 Å². The molecule has 0 radical (unpaired) electrons. The summed E-state index contributed by atoms with van der Waals surface area (Å²) in [6.07, 6.45) is 2.99. The van der Waals surface area contributed by atoms with Crippen LogP contribution in [-0.2, 0) is 14.3 Å². The van der Waals surface area contributed by atoms with Gasteiger partial charge in [0, 0.05) is 32.8 Å². The van der Waals surface area contributed by atoms with Crippen molar-refractivity contribution in [3.8, 4) is 0 Å². The van der Waals surface area contributed by atoms with Crippen LogP contribution in [0.4, 0.5) is 0 Å². The molecule has 0 bridgehead atoms. The first-order valence-electron chi connectivity index (χ1n) is 6.22. The maximum atomic E-state index is 11.4. The number of hydrogen-bond donors (Lipinski definition) is 1. The molecule has 1 N–H and O–H groups in total. The summed E-state index contributed by atoms with van der Waals surface area (Å²) in [6, 6.07) is 0.557. The standard InChI is InChI=1S/C12H21NO4/c1-16-7-5-13(10-2-3-10)8-12(11(14)15)4-6-17-9-12/h10H,2-9H2,1H3,(H,14,15). The van der Waals surface area contributed by atoms with Gasteiger partial charge in [0.05, 0.1) is 13.2 Å². The van der Waals surface area contributed by atoms with Crippen molar-refractivity contribution in [2.45, 2.75) is 25.3 Å². The van der Waals surface area contributed by atoms with Crippen molar-refractivity contribution in [2.75, 3.05) is 40.0 Å². The van der Waals surface area contributed by atoms with E-state index in [1.807, 2.05) is 0 Å². The summed E-state index contributed by atoms with van der Waals surface area (Å²) in [7, 11) is 1.68. The van der Waals surface area contributed by atoms with Crippen LogP contribution in [0.3, 0.4) is 0 Å². The third-order valence-electron chi connectivity index (χ3n) is 3.71. The lowest BCUT2D eigenvalue weighted by atomic mass is 9.86. The minimum Gasteiger partial charge on any atom is -0.481 e. The zero-order chi connectivity index (χ0) is 12.3. The Bertz CT molecular complexity index is 272. The summed E-state index contributed by atoms with van der Waals surface area (Å²) in [5.74, 6) is -0.724. The molecule has 17 heavy (non-hydrogen) atoms. The van der Waals surface area contributed by atoms with Crippen molar-refractivity contribution in [2.24, 2.45) is 5.41 Å². The Morgan fingerprint density at radius 3 is 2.82 bits per heavy atom. The van der Waals surface area contributed by atoms with Gasteiger partial charge in [-0.1, -0.05) is 0 Å². The average Bonchev–Trinajstić information content (AvgIpc) is 3.04. The molecule has 5 nitrogen and oxygen atoms in total. The van der Waals surface area contributed by atoms with Crippen molar-refractivity contribution in [3.63, 3.8) is 0 Å². The molecule has 2 aliphatic rings. The van der Waals surface area contributed by atoms with Crippen LogP contribution >= 0.6 is 0 Å². The molecule has 1 aliphatic heterocycles. The number of ether oxygens (including phenoxy) is 2. The Hall–Kier alpha value is -0.650. The lowest BCUT2D eigenvalue weighted by molar-refractivity contribution is -0.150. The van der Waals surface area contributed by atoms with Crippen LogP contribution in [0.15, 0.2) is 0 Å². The molecule has 1 unspecified atom stereocenters. The van der Waals surface area contributed by atoms with Gasteiger partial charge in [-0.15, -0.1) is 0 Å². The summed E-state index contributed by atoms with van der Waals surface area (Å²) in [5, 5.41) is 9.40. The highest BCUT2D eigenvalue weighted by Gasteiger charge is 2.45. The van der Waals surface area contributed by atoms with Crippen molar-refractivity contribution < 1.29 is 19.4 Å². The lowest BCUT2D eigenvalue weighted by Gasteiger charge is -2.31. The summed E-state index contributed by atoms with van der Waals surface area (Å²) in [5.41, 5.74) is -0.698. The van der Waals surface area contributed by atoms with Gasteiger partial charge in [-0.05, 0) is 19.3 Å². The fourth-order valence-corrected chi connectivity index (χ4v) is 2.40. The van der Waals surface area contributed by atoms with Crippen molar-refractivity contribution in [1.29, 1.82) is 0 Å². The van der Waals surface area contributed by atoms with Crippen LogP contribution < -0.4 is 0 Å². The van der Waals surface area contributed by atoms with E-state index in [0.717, 1.165) is 6.54 Å². The van der Waals surface area contributed by atoms with Crippen molar-refractivity contribution in [1.82, 2.24) is 4.90 Å². The molecule has 2 rings (SSSR count). The fourth-order valence-electron chi connectivity index (χ4n) is 2.40. The Morgan fingerprint density at radius 1 is 1.59 bits per heavy atom. The number of hydrogen-bond acceptors (Lipinski definition) is 4. The van der Waals surface area contributed by atoms with Gasteiger partial charge >= 0.3 is 5.97 Å². The number of carboxylic acids is 1. The normalized spacial score (nSPS) is 28.8. The number of aliphatic carboxylic acids is 1. The van der Waals surface area contributed by atoms with E-state index >= 15 is 0 Å². The van der Waals surface area contributed by atoms with Gasteiger partial charge in [0.15, 0.2) is 0 Å². The Labute approximate surface area is 102 Å². The second-order valence-electron chi connectivity index (χ2n) is 5.08. The quantitative estimate of drug-likeness (QED) is 0.709. The maximum Gasteiger partial charge on any atom is 0.313 e. The molecule has 1 heterocycles. The molecule has 5 heteroatoms. The summed E-state index contributed by atoms with van der Waals surface area (Å²) >= 11 is 0. The second-order valence-corrected chi connectivity index (χ2v) is 5.08. The van der Waals surface area contributed by atoms with Crippen molar-refractivity contribution >= 4 is 5.97 Å². The summed E-state index contributed by atoms with van der Waals surface area (Å²) in [4.78, 5) is 13.7. The van der Waals surface area contributed by atoms with Gasteiger partial charge in [-0.2, -0.15) is 0 Å². The molecule has 0 aromatic heterocycles. The Balaban J connectivity index is 1.96. The summed E-state index contributed by atoms with van der Waals surface area (Å²) in [6.45, 7) is 2.98. The minimum absolute atomic E-state index is 0.346. The first-order chi connectivity index (χ1) is 8.18. The molecule has 98 valence electrons. The smallest absolute Gasteiger partial charge is 0.313 e. The monoisotopic (exact) mass is 243 g/mol. The van der Waals surface area contributed by atoms with Gasteiger partial charge in [-0.25, -0.2) is 0 Å². The third kappa shape index (κ3) is 2.97. The number of nitrogens with zero attached hydrogens (tertiary/aromatic N) is 1. The van der Waals surface area contributed by atoms with Crippen LogP contribution in [0.25, 0.3) is 0 Å². The molecule has 0 amide bonds. The zero-order valence-electron chi connectivity index (χ0n) is 10.4. The van der Waals surface area contributed by atoms with E-state index < -0.39 is 11.4 Å². The minimum atomic E-state index is -0.724. The maximum absolute atomic E-state index is 11.4. The number of carbonyl (C=O) groups is 1. The first kappa shape index (κ1) is 12.8. The number of rotatable bonds is 7. The van der Waals surface area contributed by atoms with Gasteiger partial charge in [-0.3, -0.25) is 9.69 Å². The van der Waals surface area contributed by atoms with Gasteiger partial charge in [0.1, 0.15) is 5.41 Å². The van der Waals surface area contributed by atoms with Gasteiger partial charge in [0.25, 0.3) is 0 Å². The largest absolute Gasteiger partial charge is 0.481 e. The lowest BCUT2D eigenvalue weighted by Crippen LogP contribution is -2.45. The van der Waals surface area contributed by atoms with E-state index in [1.165, 1.54) is 12.8 Å². The molecule has 0 aromatic carbocycles. The van der Waals surface area contributed by atoms with Crippen molar-refractivity contribution in [3.05, 3.63) is 0 Å². The molecule has 2 fully saturated rings. The van der Waals surface area contributed by atoms with Crippen LogP contribution in [0, 0.1) is 5.41 Å². The van der Waals surface area contributed by atoms with Crippen LogP contribution in [0.1, 0.15) is 19.3 Å². The van der Waals surface area contributed by atoms with E-state index in [4.69, 9.17) is 9.47 Å². The highest BCUT2D eigenvalue weighted by molar-refractivity contribution is 5.75. The molecule has 1 saturated carbocycles. The van der Waals surface area contributed by atoms with Crippen LogP contribution in [-0.4, -0.2) is 62.0 Å².